The van der Waals surface area contributed by atoms with Crippen LogP contribution in [0.25, 0.3) is 11.1 Å². The molecule has 0 spiro atoms. The highest BCUT2D eigenvalue weighted by atomic mass is 19.4. The van der Waals surface area contributed by atoms with E-state index in [1.54, 1.807) is 4.90 Å². The van der Waals surface area contributed by atoms with Gasteiger partial charge in [-0.05, 0) is 45.7 Å². The maximum absolute atomic E-state index is 16.3. The van der Waals surface area contributed by atoms with E-state index in [1.165, 1.54) is 18.3 Å². The Kier molecular flexibility index (Phi) is 7.97. The highest BCUT2D eigenvalue weighted by molar-refractivity contribution is 6.07. The molecule has 3 heterocycles. The number of hydrogen-bond acceptors (Lipinski definition) is 6. The zero-order chi connectivity index (χ0) is 30.3. The van der Waals surface area contributed by atoms with Gasteiger partial charge in [0, 0.05) is 61.3 Å². The zero-order valence-corrected chi connectivity index (χ0v) is 23.2. The number of anilines is 2. The molecule has 2 N–H and O–H groups in total. The number of aromatic amines is 1. The molecule has 1 aliphatic heterocycles. The van der Waals surface area contributed by atoms with Gasteiger partial charge in [-0.25, -0.2) is 13.8 Å². The number of nitrogens with one attached hydrogen (secondary N) is 2. The van der Waals surface area contributed by atoms with Crippen LogP contribution in [-0.2, 0) is 6.18 Å². The standard InChI is InChI=1S/C29H30F5N5O3/c1-15-12-39(13-16(2)38(15)3)22-9-21(30)25(18-6-7-24(36-10-18)42-14-17-4-5-17)26(31)27(22)37-28(41)19-11-35-23(40)8-20(19)29(32,33)34/h6-11,15-17H,4-5,12-14H2,1-3H3,(H,35,40)(H,37,41)/t15-,16+. The summed E-state index contributed by atoms with van der Waals surface area (Å²) in [6.45, 7) is 5.02. The fourth-order valence-corrected chi connectivity index (χ4v) is 5.02. The van der Waals surface area contributed by atoms with Crippen molar-refractivity contribution in [2.75, 3.05) is 37.0 Å². The molecule has 2 atom stereocenters. The van der Waals surface area contributed by atoms with Gasteiger partial charge in [0.15, 0.2) is 5.82 Å². The Balaban J connectivity index is 1.57. The number of pyridine rings is 2. The lowest BCUT2D eigenvalue weighted by Crippen LogP contribution is -2.55. The second-order valence-corrected chi connectivity index (χ2v) is 10.9. The summed E-state index contributed by atoms with van der Waals surface area (Å²) in [7, 11) is 1.92. The summed E-state index contributed by atoms with van der Waals surface area (Å²) in [6, 6.07) is 4.14. The number of benzene rings is 1. The first-order valence-corrected chi connectivity index (χ1v) is 13.5. The van der Waals surface area contributed by atoms with Crippen molar-refractivity contribution in [3.8, 4) is 17.0 Å². The lowest BCUT2D eigenvalue weighted by atomic mass is 10.0. The van der Waals surface area contributed by atoms with Crippen molar-refractivity contribution in [3.05, 3.63) is 69.8 Å². The van der Waals surface area contributed by atoms with Crippen LogP contribution in [0.1, 0.15) is 42.6 Å². The highest BCUT2D eigenvalue weighted by Gasteiger charge is 2.37. The van der Waals surface area contributed by atoms with Gasteiger partial charge >= 0.3 is 6.18 Å². The van der Waals surface area contributed by atoms with Gasteiger partial charge < -0.3 is 19.9 Å². The summed E-state index contributed by atoms with van der Waals surface area (Å²) in [6.07, 6.45) is -1.04. The number of halogens is 5. The van der Waals surface area contributed by atoms with Gasteiger partial charge in [0.1, 0.15) is 11.5 Å². The molecule has 1 aromatic carbocycles. The van der Waals surface area contributed by atoms with E-state index in [4.69, 9.17) is 4.74 Å². The van der Waals surface area contributed by atoms with Crippen molar-refractivity contribution in [1.82, 2.24) is 14.9 Å². The smallest absolute Gasteiger partial charge is 0.417 e. The minimum atomic E-state index is -5.03. The lowest BCUT2D eigenvalue weighted by molar-refractivity contribution is -0.138. The van der Waals surface area contributed by atoms with Crippen LogP contribution < -0.4 is 20.5 Å². The predicted octanol–water partition coefficient (Wildman–Crippen LogP) is 5.30. The molecule has 13 heteroatoms. The Hall–Kier alpha value is -4.00. The summed E-state index contributed by atoms with van der Waals surface area (Å²) in [5.41, 5.74) is -4.45. The highest BCUT2D eigenvalue weighted by Crippen LogP contribution is 2.40. The summed E-state index contributed by atoms with van der Waals surface area (Å²) in [5, 5.41) is 2.25. The normalized spacial score (nSPS) is 19.6. The molecular weight excluding hydrogens is 561 g/mol. The number of aromatic nitrogens is 2. The molecule has 2 aromatic heterocycles. The van der Waals surface area contributed by atoms with Crippen LogP contribution in [0, 0.1) is 17.6 Å². The fourth-order valence-electron chi connectivity index (χ4n) is 5.02. The second kappa shape index (κ2) is 11.3. The number of amides is 1. The van der Waals surface area contributed by atoms with Crippen molar-refractivity contribution >= 4 is 17.3 Å². The number of H-pyrrole nitrogens is 1. The first kappa shape index (κ1) is 29.5. The maximum Gasteiger partial charge on any atom is 0.417 e. The van der Waals surface area contributed by atoms with E-state index < -0.39 is 51.7 Å². The van der Waals surface area contributed by atoms with Gasteiger partial charge in [0.2, 0.25) is 11.4 Å². The topological polar surface area (TPSA) is 90.6 Å². The van der Waals surface area contributed by atoms with E-state index in [0.717, 1.165) is 18.9 Å². The molecule has 8 nitrogen and oxygen atoms in total. The van der Waals surface area contributed by atoms with Crippen LogP contribution in [0.15, 0.2) is 41.5 Å². The molecule has 0 unspecified atom stereocenters. The van der Waals surface area contributed by atoms with E-state index in [-0.39, 0.29) is 35.3 Å². The average Bonchev–Trinajstić information content (AvgIpc) is 3.76. The lowest BCUT2D eigenvalue weighted by Gasteiger charge is -2.44. The Morgan fingerprint density at radius 1 is 1.14 bits per heavy atom. The van der Waals surface area contributed by atoms with Gasteiger partial charge in [-0.15, -0.1) is 0 Å². The maximum atomic E-state index is 16.3. The largest absolute Gasteiger partial charge is 0.477 e. The number of nitrogens with zero attached hydrogens (tertiary/aromatic N) is 3. The molecule has 2 fully saturated rings. The van der Waals surface area contributed by atoms with E-state index >= 15 is 8.78 Å². The second-order valence-electron chi connectivity index (χ2n) is 10.9. The summed E-state index contributed by atoms with van der Waals surface area (Å²) in [4.78, 5) is 34.8. The van der Waals surface area contributed by atoms with Crippen LogP contribution in [0.5, 0.6) is 5.88 Å². The third-order valence-corrected chi connectivity index (χ3v) is 7.80. The number of hydrogen-bond donors (Lipinski definition) is 2. The Bertz CT molecular complexity index is 1530. The van der Waals surface area contributed by atoms with E-state index in [1.807, 2.05) is 20.9 Å². The number of ether oxygens (including phenoxy) is 1. The third-order valence-electron chi connectivity index (χ3n) is 7.80. The first-order valence-electron chi connectivity index (χ1n) is 13.5. The van der Waals surface area contributed by atoms with Crippen molar-refractivity contribution in [1.29, 1.82) is 0 Å². The molecule has 2 aliphatic rings. The van der Waals surface area contributed by atoms with Crippen LogP contribution >= 0.6 is 0 Å². The summed E-state index contributed by atoms with van der Waals surface area (Å²) in [5.74, 6) is -2.68. The molecule has 1 saturated heterocycles. The molecule has 1 saturated carbocycles. The first-order chi connectivity index (χ1) is 19.8. The Labute approximate surface area is 238 Å². The average molecular weight is 592 g/mol. The van der Waals surface area contributed by atoms with Crippen molar-refractivity contribution in [2.45, 2.75) is 44.9 Å². The number of carbonyl (C=O) groups is 1. The molecule has 42 heavy (non-hydrogen) atoms. The molecule has 5 rings (SSSR count). The Morgan fingerprint density at radius 3 is 2.43 bits per heavy atom. The van der Waals surface area contributed by atoms with E-state index in [0.29, 0.717) is 31.8 Å². The fraction of sp³-hybridized carbons (Fsp3) is 0.414. The summed E-state index contributed by atoms with van der Waals surface area (Å²) < 4.78 is 78.6. The van der Waals surface area contributed by atoms with Crippen molar-refractivity contribution < 1.29 is 31.5 Å². The third kappa shape index (κ3) is 6.10. The molecule has 0 bridgehead atoms. The zero-order valence-electron chi connectivity index (χ0n) is 23.2. The van der Waals surface area contributed by atoms with Gasteiger partial charge in [-0.1, -0.05) is 0 Å². The van der Waals surface area contributed by atoms with Gasteiger partial charge in [-0.3, -0.25) is 14.5 Å². The molecular formula is C29H30F5N5O3. The quantitative estimate of drug-likeness (QED) is 0.363. The number of carbonyl (C=O) groups excluding carboxylic acids is 1. The van der Waals surface area contributed by atoms with E-state index in [9.17, 15) is 22.8 Å². The molecule has 1 amide bonds. The van der Waals surface area contributed by atoms with Gasteiger partial charge in [-0.2, -0.15) is 13.2 Å². The Morgan fingerprint density at radius 2 is 1.83 bits per heavy atom. The number of likely N-dealkylation sites (N-methyl/N-ethyl adjacent to an activating group) is 1. The number of alkyl halides is 3. The predicted molar refractivity (Wildman–Crippen MR) is 147 cm³/mol. The minimum Gasteiger partial charge on any atom is -0.477 e. The van der Waals surface area contributed by atoms with Crippen molar-refractivity contribution in [3.63, 3.8) is 0 Å². The van der Waals surface area contributed by atoms with Crippen LogP contribution in [0.3, 0.4) is 0 Å². The molecule has 224 valence electrons. The minimum absolute atomic E-state index is 0.0239. The van der Waals surface area contributed by atoms with Crippen LogP contribution in [-0.4, -0.2) is 59.6 Å². The van der Waals surface area contributed by atoms with Crippen molar-refractivity contribution in [2.24, 2.45) is 5.92 Å². The van der Waals surface area contributed by atoms with Gasteiger partial charge in [0.05, 0.1) is 29.0 Å². The molecule has 1 aliphatic carbocycles. The monoisotopic (exact) mass is 591 g/mol. The number of piperazine rings is 1. The van der Waals surface area contributed by atoms with Crippen LogP contribution in [0.2, 0.25) is 0 Å². The molecule has 3 aromatic rings. The van der Waals surface area contributed by atoms with E-state index in [2.05, 4.69) is 20.2 Å². The SMILES string of the molecule is C[C@@H]1CN(c2cc(F)c(-c3ccc(OCC4CC4)nc3)c(F)c2NC(=O)c2c[nH]c(=O)cc2C(F)(F)F)C[C@H](C)N1C. The summed E-state index contributed by atoms with van der Waals surface area (Å²) >= 11 is 0. The van der Waals surface area contributed by atoms with Gasteiger partial charge in [0.25, 0.3) is 5.91 Å². The molecule has 0 radical (unpaired) electrons. The van der Waals surface area contributed by atoms with Crippen LogP contribution in [0.4, 0.5) is 33.3 Å². The number of rotatable bonds is 7.